The lowest BCUT2D eigenvalue weighted by Crippen LogP contribution is -2.04. The summed E-state index contributed by atoms with van der Waals surface area (Å²) >= 11 is 0. The van der Waals surface area contributed by atoms with Crippen LogP contribution in [0.25, 0.3) is 21.9 Å². The highest BCUT2D eigenvalue weighted by molar-refractivity contribution is 5.96. The highest BCUT2D eigenvalue weighted by Gasteiger charge is 2.07. The summed E-state index contributed by atoms with van der Waals surface area (Å²) in [6.45, 7) is 0.852. The van der Waals surface area contributed by atoms with Crippen LogP contribution in [-0.4, -0.2) is 7.05 Å². The molecule has 0 heterocycles. The molecule has 1 N–H and O–H groups in total. The zero-order valence-electron chi connectivity index (χ0n) is 11.4. The standard InChI is InChI=1S/C18H16FN/c1-20-12-13-6-8-14(9-7-13)15-10-11-18(19)17-5-3-2-4-16(15)17/h2-11,20H,12H2,1H3. The van der Waals surface area contributed by atoms with Crippen molar-refractivity contribution in [1.82, 2.24) is 5.32 Å². The zero-order valence-corrected chi connectivity index (χ0v) is 11.4. The fourth-order valence-electron chi connectivity index (χ4n) is 2.52. The highest BCUT2D eigenvalue weighted by Crippen LogP contribution is 2.30. The lowest BCUT2D eigenvalue weighted by molar-refractivity contribution is 0.640. The van der Waals surface area contributed by atoms with E-state index < -0.39 is 0 Å². The van der Waals surface area contributed by atoms with Crippen LogP contribution in [0.3, 0.4) is 0 Å². The Kier molecular flexibility index (Phi) is 3.48. The smallest absolute Gasteiger partial charge is 0.131 e. The maximum absolute atomic E-state index is 13.8. The van der Waals surface area contributed by atoms with Crippen LogP contribution in [-0.2, 0) is 6.54 Å². The molecule has 3 rings (SSSR count). The Labute approximate surface area is 118 Å². The molecule has 0 amide bonds. The fraction of sp³-hybridized carbons (Fsp3) is 0.111. The Morgan fingerprint density at radius 2 is 1.55 bits per heavy atom. The molecule has 0 spiro atoms. The average Bonchev–Trinajstić information content (AvgIpc) is 2.49. The number of hydrogen-bond acceptors (Lipinski definition) is 1. The fourth-order valence-corrected chi connectivity index (χ4v) is 2.52. The van der Waals surface area contributed by atoms with Crippen molar-refractivity contribution in [3.8, 4) is 11.1 Å². The van der Waals surface area contributed by atoms with Crippen LogP contribution in [0, 0.1) is 5.82 Å². The summed E-state index contributed by atoms with van der Waals surface area (Å²) in [7, 11) is 1.93. The van der Waals surface area contributed by atoms with Crippen molar-refractivity contribution in [3.63, 3.8) is 0 Å². The largest absolute Gasteiger partial charge is 0.316 e. The summed E-state index contributed by atoms with van der Waals surface area (Å²) in [5.41, 5.74) is 3.42. The molecule has 0 fully saturated rings. The second kappa shape index (κ2) is 5.43. The minimum absolute atomic E-state index is 0.170. The Bertz CT molecular complexity index is 732. The van der Waals surface area contributed by atoms with Crippen molar-refractivity contribution in [1.29, 1.82) is 0 Å². The van der Waals surface area contributed by atoms with E-state index in [1.165, 1.54) is 5.56 Å². The van der Waals surface area contributed by atoms with Gasteiger partial charge in [-0.2, -0.15) is 0 Å². The highest BCUT2D eigenvalue weighted by atomic mass is 19.1. The molecular weight excluding hydrogens is 249 g/mol. The van der Waals surface area contributed by atoms with E-state index in [0.29, 0.717) is 5.39 Å². The van der Waals surface area contributed by atoms with Crippen LogP contribution >= 0.6 is 0 Å². The molecule has 0 aliphatic heterocycles. The van der Waals surface area contributed by atoms with Gasteiger partial charge in [-0.1, -0.05) is 54.6 Å². The first kappa shape index (κ1) is 12.8. The first-order valence-corrected chi connectivity index (χ1v) is 6.71. The summed E-state index contributed by atoms with van der Waals surface area (Å²) in [4.78, 5) is 0. The molecule has 20 heavy (non-hydrogen) atoms. The van der Waals surface area contributed by atoms with Gasteiger partial charge >= 0.3 is 0 Å². The summed E-state index contributed by atoms with van der Waals surface area (Å²) in [5, 5.41) is 4.75. The monoisotopic (exact) mass is 265 g/mol. The Balaban J connectivity index is 2.12. The summed E-state index contributed by atoms with van der Waals surface area (Å²) < 4.78 is 13.8. The number of hydrogen-bond donors (Lipinski definition) is 1. The number of rotatable bonds is 3. The molecule has 0 unspecified atom stereocenters. The van der Waals surface area contributed by atoms with Crippen molar-refractivity contribution in [2.45, 2.75) is 6.54 Å². The molecule has 0 atom stereocenters. The van der Waals surface area contributed by atoms with Gasteiger partial charge < -0.3 is 5.32 Å². The molecule has 0 radical (unpaired) electrons. The molecule has 0 aromatic heterocycles. The van der Waals surface area contributed by atoms with Gasteiger partial charge in [0.05, 0.1) is 0 Å². The first-order chi connectivity index (χ1) is 9.79. The molecule has 1 nitrogen and oxygen atoms in total. The van der Waals surface area contributed by atoms with Gasteiger partial charge in [0.15, 0.2) is 0 Å². The zero-order chi connectivity index (χ0) is 13.9. The number of benzene rings is 3. The molecule has 0 saturated heterocycles. The van der Waals surface area contributed by atoms with Crippen LogP contribution in [0.15, 0.2) is 60.7 Å². The predicted molar refractivity (Wildman–Crippen MR) is 82.1 cm³/mol. The van der Waals surface area contributed by atoms with Crippen molar-refractivity contribution >= 4 is 10.8 Å². The second-order valence-electron chi connectivity index (χ2n) is 4.87. The Morgan fingerprint density at radius 3 is 2.25 bits per heavy atom. The molecule has 0 bridgehead atoms. The van der Waals surface area contributed by atoms with E-state index in [2.05, 4.69) is 29.6 Å². The molecule has 0 saturated carbocycles. The topological polar surface area (TPSA) is 12.0 Å². The summed E-state index contributed by atoms with van der Waals surface area (Å²) in [6.07, 6.45) is 0. The van der Waals surface area contributed by atoms with Crippen LogP contribution in [0.4, 0.5) is 4.39 Å². The summed E-state index contributed by atoms with van der Waals surface area (Å²) in [6, 6.07) is 19.4. The maximum atomic E-state index is 13.8. The number of nitrogens with one attached hydrogen (secondary N) is 1. The van der Waals surface area contributed by atoms with Gasteiger partial charge in [-0.15, -0.1) is 0 Å². The molecule has 2 heteroatoms. The van der Waals surface area contributed by atoms with Crippen molar-refractivity contribution in [2.75, 3.05) is 7.05 Å². The lowest BCUT2D eigenvalue weighted by Gasteiger charge is -2.09. The number of halogens is 1. The van der Waals surface area contributed by atoms with Crippen LogP contribution in [0.5, 0.6) is 0 Å². The molecule has 100 valence electrons. The molecule has 3 aromatic carbocycles. The van der Waals surface area contributed by atoms with E-state index in [0.717, 1.165) is 23.1 Å². The van der Waals surface area contributed by atoms with Gasteiger partial charge in [0.25, 0.3) is 0 Å². The normalized spacial score (nSPS) is 10.9. The van der Waals surface area contributed by atoms with Gasteiger partial charge in [-0.05, 0) is 35.2 Å². The van der Waals surface area contributed by atoms with Crippen LogP contribution in [0.1, 0.15) is 5.56 Å². The Morgan fingerprint density at radius 1 is 0.850 bits per heavy atom. The number of fused-ring (bicyclic) bond motifs is 1. The predicted octanol–water partition coefficient (Wildman–Crippen LogP) is 4.37. The third-order valence-corrected chi connectivity index (χ3v) is 3.52. The lowest BCUT2D eigenvalue weighted by atomic mass is 9.97. The van der Waals surface area contributed by atoms with Crippen molar-refractivity contribution < 1.29 is 4.39 Å². The SMILES string of the molecule is CNCc1ccc(-c2ccc(F)c3ccccc23)cc1. The molecular formula is C18H16FN. The van der Waals surface area contributed by atoms with E-state index in [-0.39, 0.29) is 5.82 Å². The average molecular weight is 265 g/mol. The van der Waals surface area contributed by atoms with E-state index in [4.69, 9.17) is 0 Å². The third-order valence-electron chi connectivity index (χ3n) is 3.52. The second-order valence-corrected chi connectivity index (χ2v) is 4.87. The minimum atomic E-state index is -0.170. The first-order valence-electron chi connectivity index (χ1n) is 6.71. The van der Waals surface area contributed by atoms with Crippen molar-refractivity contribution in [3.05, 3.63) is 72.0 Å². The van der Waals surface area contributed by atoms with Gasteiger partial charge in [-0.3, -0.25) is 0 Å². The Hall–Kier alpha value is -2.19. The van der Waals surface area contributed by atoms with Crippen LogP contribution < -0.4 is 5.32 Å². The minimum Gasteiger partial charge on any atom is -0.316 e. The van der Waals surface area contributed by atoms with E-state index >= 15 is 0 Å². The van der Waals surface area contributed by atoms with E-state index in [1.807, 2.05) is 37.4 Å². The van der Waals surface area contributed by atoms with Crippen molar-refractivity contribution in [2.24, 2.45) is 0 Å². The molecule has 3 aromatic rings. The van der Waals surface area contributed by atoms with Gasteiger partial charge in [-0.25, -0.2) is 4.39 Å². The van der Waals surface area contributed by atoms with E-state index in [9.17, 15) is 4.39 Å². The van der Waals surface area contributed by atoms with E-state index in [1.54, 1.807) is 6.07 Å². The molecule has 0 aliphatic carbocycles. The third kappa shape index (κ3) is 2.30. The maximum Gasteiger partial charge on any atom is 0.131 e. The summed E-state index contributed by atoms with van der Waals surface area (Å²) in [5.74, 6) is -0.170. The van der Waals surface area contributed by atoms with Gasteiger partial charge in [0.2, 0.25) is 0 Å². The molecule has 0 aliphatic rings. The van der Waals surface area contributed by atoms with Crippen LogP contribution in [0.2, 0.25) is 0 Å². The quantitative estimate of drug-likeness (QED) is 0.741. The van der Waals surface area contributed by atoms with Gasteiger partial charge in [0, 0.05) is 11.9 Å². The van der Waals surface area contributed by atoms with Gasteiger partial charge in [0.1, 0.15) is 5.82 Å².